The molecule has 0 bridgehead atoms. The summed E-state index contributed by atoms with van der Waals surface area (Å²) in [5.41, 5.74) is 3.59. The molecule has 0 amide bonds. The Hall–Kier alpha value is -1.35. The van der Waals surface area contributed by atoms with Crippen molar-refractivity contribution in [3.05, 3.63) is 53.5 Å². The minimum atomic E-state index is 0.415. The maximum atomic E-state index is 4.83. The van der Waals surface area contributed by atoms with E-state index in [0.717, 1.165) is 28.6 Å². The van der Waals surface area contributed by atoms with Gasteiger partial charge < -0.3 is 0 Å². The molecule has 0 atom stereocenters. The summed E-state index contributed by atoms with van der Waals surface area (Å²) < 4.78 is 0. The van der Waals surface area contributed by atoms with Crippen LogP contribution in [0.2, 0.25) is 0 Å². The van der Waals surface area contributed by atoms with E-state index in [1.807, 2.05) is 18.0 Å². The summed E-state index contributed by atoms with van der Waals surface area (Å²) in [7, 11) is 0. The number of aryl methyl sites for hydroxylation is 1. The summed E-state index contributed by atoms with van der Waals surface area (Å²) in [6.45, 7) is 8.69. The number of aromatic nitrogens is 2. The van der Waals surface area contributed by atoms with Crippen molar-refractivity contribution in [2.75, 3.05) is 5.75 Å². The lowest BCUT2D eigenvalue weighted by Gasteiger charge is -2.13. The molecule has 0 radical (unpaired) electrons. The number of thioether (sulfide) groups is 1. The number of benzene rings is 1. The number of nitrogens with zero attached hydrogens (tertiary/aromatic N) is 2. The molecule has 1 aromatic carbocycles. The van der Waals surface area contributed by atoms with E-state index in [1.54, 1.807) is 0 Å². The molecule has 0 saturated carbocycles. The van der Waals surface area contributed by atoms with Crippen molar-refractivity contribution in [1.82, 2.24) is 9.97 Å². The third-order valence-corrected chi connectivity index (χ3v) is 4.38. The zero-order valence-electron chi connectivity index (χ0n) is 13.3. The van der Waals surface area contributed by atoms with Gasteiger partial charge in [-0.05, 0) is 23.8 Å². The van der Waals surface area contributed by atoms with Gasteiger partial charge in [0.1, 0.15) is 5.03 Å². The van der Waals surface area contributed by atoms with E-state index < -0.39 is 0 Å². The van der Waals surface area contributed by atoms with Gasteiger partial charge in [-0.25, -0.2) is 4.98 Å². The molecule has 0 N–H and O–H groups in total. The second-order valence-electron chi connectivity index (χ2n) is 5.88. The Balaban J connectivity index is 2.08. The number of hydrogen-bond donors (Lipinski definition) is 0. The van der Waals surface area contributed by atoms with Gasteiger partial charge in [0.25, 0.3) is 0 Å². The van der Waals surface area contributed by atoms with E-state index in [2.05, 4.69) is 63.0 Å². The molecule has 0 aliphatic carbocycles. The van der Waals surface area contributed by atoms with Crippen LogP contribution < -0.4 is 0 Å². The van der Waals surface area contributed by atoms with Crippen molar-refractivity contribution in [3.8, 4) is 0 Å². The highest BCUT2D eigenvalue weighted by Crippen LogP contribution is 2.27. The van der Waals surface area contributed by atoms with E-state index in [1.165, 1.54) is 5.56 Å². The first-order chi connectivity index (χ1) is 10.1. The lowest BCUT2D eigenvalue weighted by Crippen LogP contribution is -2.04. The molecule has 0 aliphatic rings. The monoisotopic (exact) mass is 300 g/mol. The van der Waals surface area contributed by atoms with Gasteiger partial charge in [0, 0.05) is 11.9 Å². The fourth-order valence-corrected chi connectivity index (χ4v) is 3.22. The molecule has 21 heavy (non-hydrogen) atoms. The van der Waals surface area contributed by atoms with Crippen molar-refractivity contribution in [3.63, 3.8) is 0 Å². The van der Waals surface area contributed by atoms with Gasteiger partial charge in [0.05, 0.1) is 11.4 Å². The van der Waals surface area contributed by atoms with E-state index >= 15 is 0 Å². The molecule has 112 valence electrons. The quantitative estimate of drug-likeness (QED) is 0.697. The van der Waals surface area contributed by atoms with Gasteiger partial charge >= 0.3 is 0 Å². The summed E-state index contributed by atoms with van der Waals surface area (Å²) in [6, 6.07) is 10.6. The zero-order valence-corrected chi connectivity index (χ0v) is 14.2. The van der Waals surface area contributed by atoms with Crippen LogP contribution in [0.25, 0.3) is 0 Å². The predicted octanol–water partition coefficient (Wildman–Crippen LogP) is 5.06. The predicted molar refractivity (Wildman–Crippen MR) is 91.1 cm³/mol. The molecule has 2 aromatic rings. The molecular weight excluding hydrogens is 276 g/mol. The zero-order chi connectivity index (χ0) is 15.2. The third-order valence-electron chi connectivity index (χ3n) is 3.40. The van der Waals surface area contributed by atoms with Crippen molar-refractivity contribution in [1.29, 1.82) is 0 Å². The van der Waals surface area contributed by atoms with Crippen molar-refractivity contribution < 1.29 is 0 Å². The van der Waals surface area contributed by atoms with Crippen LogP contribution in [0.4, 0.5) is 0 Å². The Morgan fingerprint density at radius 2 is 1.71 bits per heavy atom. The van der Waals surface area contributed by atoms with Gasteiger partial charge in [-0.2, -0.15) is 0 Å². The number of rotatable bonds is 6. The van der Waals surface area contributed by atoms with Crippen LogP contribution in [0.5, 0.6) is 0 Å². The van der Waals surface area contributed by atoms with E-state index in [0.29, 0.717) is 11.8 Å². The summed E-state index contributed by atoms with van der Waals surface area (Å²) in [5.74, 6) is 1.88. The molecule has 0 fully saturated rings. The minimum absolute atomic E-state index is 0.415. The Kier molecular flexibility index (Phi) is 5.80. The lowest BCUT2D eigenvalue weighted by atomic mass is 10.1. The lowest BCUT2D eigenvalue weighted by molar-refractivity contribution is 0.724. The van der Waals surface area contributed by atoms with Gasteiger partial charge in [-0.1, -0.05) is 58.0 Å². The van der Waals surface area contributed by atoms with Gasteiger partial charge in [-0.3, -0.25) is 4.98 Å². The first kappa shape index (κ1) is 16.0. The largest absolute Gasteiger partial charge is 0.256 e. The van der Waals surface area contributed by atoms with Crippen LogP contribution in [-0.2, 0) is 6.42 Å². The third kappa shape index (κ3) is 4.57. The Labute approximate surface area is 132 Å². The highest BCUT2D eigenvalue weighted by molar-refractivity contribution is 7.99. The average molecular weight is 300 g/mol. The Morgan fingerprint density at radius 3 is 2.33 bits per heavy atom. The standard InChI is InChI=1S/C18H24N2S/c1-13(2)16-12-19-17(14(3)4)18(20-16)21-11-10-15-8-6-5-7-9-15/h5-9,12-14H,10-11H2,1-4H3. The molecule has 3 heteroatoms. The molecule has 1 heterocycles. The average Bonchev–Trinajstić information content (AvgIpc) is 2.48. The van der Waals surface area contributed by atoms with E-state index in [4.69, 9.17) is 4.98 Å². The molecule has 0 saturated heterocycles. The second-order valence-corrected chi connectivity index (χ2v) is 6.96. The second kappa shape index (κ2) is 7.60. The van der Waals surface area contributed by atoms with E-state index in [9.17, 15) is 0 Å². The highest BCUT2D eigenvalue weighted by Gasteiger charge is 2.13. The fourth-order valence-electron chi connectivity index (χ4n) is 2.08. The molecule has 1 aromatic heterocycles. The maximum absolute atomic E-state index is 4.83. The smallest absolute Gasteiger partial charge is 0.118 e. The Bertz CT molecular complexity index is 565. The van der Waals surface area contributed by atoms with Crippen molar-refractivity contribution in [2.24, 2.45) is 0 Å². The topological polar surface area (TPSA) is 25.8 Å². The van der Waals surface area contributed by atoms with Crippen LogP contribution in [0.1, 0.15) is 56.5 Å². The van der Waals surface area contributed by atoms with Gasteiger partial charge in [-0.15, -0.1) is 11.8 Å². The van der Waals surface area contributed by atoms with Gasteiger partial charge in [0.15, 0.2) is 0 Å². The molecular formula is C18H24N2S. The normalized spacial score (nSPS) is 11.3. The van der Waals surface area contributed by atoms with E-state index in [-0.39, 0.29) is 0 Å². The first-order valence-corrected chi connectivity index (χ1v) is 8.60. The molecule has 2 rings (SSSR count). The summed E-state index contributed by atoms with van der Waals surface area (Å²) >= 11 is 1.83. The molecule has 2 nitrogen and oxygen atoms in total. The maximum Gasteiger partial charge on any atom is 0.118 e. The summed E-state index contributed by atoms with van der Waals surface area (Å²) in [5, 5.41) is 1.10. The van der Waals surface area contributed by atoms with Crippen LogP contribution in [0.3, 0.4) is 0 Å². The van der Waals surface area contributed by atoms with Crippen LogP contribution in [0.15, 0.2) is 41.6 Å². The number of hydrogen-bond acceptors (Lipinski definition) is 3. The highest BCUT2D eigenvalue weighted by atomic mass is 32.2. The summed E-state index contributed by atoms with van der Waals surface area (Å²) in [6.07, 6.45) is 3.00. The minimum Gasteiger partial charge on any atom is -0.256 e. The summed E-state index contributed by atoms with van der Waals surface area (Å²) in [4.78, 5) is 9.47. The van der Waals surface area contributed by atoms with Crippen molar-refractivity contribution >= 4 is 11.8 Å². The van der Waals surface area contributed by atoms with Crippen LogP contribution in [0, 0.1) is 0 Å². The van der Waals surface area contributed by atoms with Crippen LogP contribution in [-0.4, -0.2) is 15.7 Å². The first-order valence-electron chi connectivity index (χ1n) is 7.61. The molecule has 0 aliphatic heterocycles. The van der Waals surface area contributed by atoms with Crippen molar-refractivity contribution in [2.45, 2.75) is 51.0 Å². The molecule has 0 unspecified atom stereocenters. The van der Waals surface area contributed by atoms with Crippen LogP contribution >= 0.6 is 11.8 Å². The Morgan fingerprint density at radius 1 is 1.00 bits per heavy atom. The molecule has 0 spiro atoms. The fraction of sp³-hybridized carbons (Fsp3) is 0.444. The van der Waals surface area contributed by atoms with Gasteiger partial charge in [0.2, 0.25) is 0 Å². The SMILES string of the molecule is CC(C)c1cnc(C(C)C)c(SCCc2ccccc2)n1.